The Morgan fingerprint density at radius 3 is 2.90 bits per heavy atom. The molecular weight excluding hydrogens is 396 g/mol. The lowest BCUT2D eigenvalue weighted by atomic mass is 9.98. The first-order valence-electron chi connectivity index (χ1n) is 9.15. The number of nitrogens with zero attached hydrogens (tertiary/aromatic N) is 3. The summed E-state index contributed by atoms with van der Waals surface area (Å²) in [6.07, 6.45) is 1.19. The van der Waals surface area contributed by atoms with Gasteiger partial charge in [-0.25, -0.2) is 13.0 Å². The van der Waals surface area contributed by atoms with E-state index in [0.717, 1.165) is 0 Å². The molecule has 1 atom stereocenters. The van der Waals surface area contributed by atoms with E-state index in [0.29, 0.717) is 36.3 Å². The van der Waals surface area contributed by atoms with E-state index < -0.39 is 15.9 Å². The van der Waals surface area contributed by atoms with Crippen LogP contribution < -0.4 is 10.1 Å². The number of nitrogens with one attached hydrogen (secondary N) is 1. The zero-order chi connectivity index (χ0) is 20.4. The maximum absolute atomic E-state index is 13.2. The number of rotatable bonds is 5. The number of sulfonamides is 1. The molecule has 2 aromatic carbocycles. The molecule has 0 unspecified atom stereocenters. The summed E-state index contributed by atoms with van der Waals surface area (Å²) in [5.74, 6) is -0.0520. The van der Waals surface area contributed by atoms with E-state index in [1.165, 1.54) is 10.4 Å². The second-order valence-corrected chi connectivity index (χ2v) is 8.72. The number of aromatic nitrogens is 2. The summed E-state index contributed by atoms with van der Waals surface area (Å²) in [6.45, 7) is 0.437. The second-order valence-electron chi connectivity index (χ2n) is 6.81. The highest BCUT2D eigenvalue weighted by molar-refractivity contribution is 7.89. The lowest BCUT2D eigenvalue weighted by molar-refractivity contribution is -0.120. The van der Waals surface area contributed by atoms with Crippen molar-refractivity contribution < 1.29 is 22.6 Å². The van der Waals surface area contributed by atoms with E-state index in [2.05, 4.69) is 20.3 Å². The number of piperidine rings is 1. The maximum atomic E-state index is 13.2. The van der Waals surface area contributed by atoms with Crippen molar-refractivity contribution in [2.45, 2.75) is 17.7 Å². The van der Waals surface area contributed by atoms with Gasteiger partial charge in [0.2, 0.25) is 15.9 Å². The third-order valence-electron chi connectivity index (χ3n) is 4.96. The lowest BCUT2D eigenvalue weighted by Gasteiger charge is -2.31. The number of hydrogen-bond donors (Lipinski definition) is 1. The quantitative estimate of drug-likeness (QED) is 0.678. The predicted molar refractivity (Wildman–Crippen MR) is 105 cm³/mol. The molecule has 3 aromatic rings. The van der Waals surface area contributed by atoms with Crippen molar-refractivity contribution in [1.82, 2.24) is 14.6 Å². The molecule has 152 valence electrons. The van der Waals surface area contributed by atoms with Crippen molar-refractivity contribution in [2.75, 3.05) is 25.5 Å². The highest BCUT2D eigenvalue weighted by atomic mass is 32.2. The number of carbonyl (C=O) groups excluding carboxylic acids is 1. The predicted octanol–water partition coefficient (Wildman–Crippen LogP) is 2.27. The van der Waals surface area contributed by atoms with Gasteiger partial charge >= 0.3 is 0 Å². The second kappa shape index (κ2) is 7.80. The zero-order valence-electron chi connectivity index (χ0n) is 15.7. The Balaban J connectivity index is 1.53. The number of ether oxygens (including phenoxy) is 1. The number of amides is 1. The van der Waals surface area contributed by atoms with Gasteiger partial charge in [-0.05, 0) is 47.4 Å². The summed E-state index contributed by atoms with van der Waals surface area (Å²) in [5, 5.41) is 10.3. The molecule has 1 amide bonds. The van der Waals surface area contributed by atoms with Crippen LogP contribution in [-0.4, -0.2) is 49.1 Å². The monoisotopic (exact) mass is 416 g/mol. The molecule has 1 aliphatic rings. The average Bonchev–Trinajstić information content (AvgIpc) is 3.22. The summed E-state index contributed by atoms with van der Waals surface area (Å²) in [4.78, 5) is 12.8. The highest BCUT2D eigenvalue weighted by Crippen LogP contribution is 2.28. The number of benzene rings is 2. The van der Waals surface area contributed by atoms with Gasteiger partial charge in [-0.1, -0.05) is 12.1 Å². The molecule has 29 heavy (non-hydrogen) atoms. The van der Waals surface area contributed by atoms with Crippen LogP contribution in [0, 0.1) is 5.92 Å². The summed E-state index contributed by atoms with van der Waals surface area (Å²) >= 11 is 0. The molecule has 0 aliphatic carbocycles. The number of hydrogen-bond acceptors (Lipinski definition) is 7. The summed E-state index contributed by atoms with van der Waals surface area (Å²) in [6, 6.07) is 11.7. The fourth-order valence-corrected chi connectivity index (χ4v) is 5.11. The molecule has 1 aliphatic heterocycles. The smallest absolute Gasteiger partial charge is 0.245 e. The molecule has 4 rings (SSSR count). The van der Waals surface area contributed by atoms with Crippen LogP contribution in [0.5, 0.6) is 5.75 Å². The first kappa shape index (κ1) is 19.3. The Morgan fingerprint density at radius 1 is 1.24 bits per heavy atom. The molecule has 10 heteroatoms. The molecule has 1 N–H and O–H groups in total. The van der Waals surface area contributed by atoms with Crippen LogP contribution >= 0.6 is 0 Å². The third kappa shape index (κ3) is 3.81. The fraction of sp³-hybridized carbons (Fsp3) is 0.316. The van der Waals surface area contributed by atoms with Gasteiger partial charge in [0.15, 0.2) is 5.52 Å². The van der Waals surface area contributed by atoms with E-state index in [-0.39, 0.29) is 22.9 Å². The minimum absolute atomic E-state index is 0.0325. The molecule has 0 bridgehead atoms. The SMILES string of the molecule is COc1cccc(NC(=O)[C@H]2CCCN(S(=O)(=O)c3cccc4nonc34)C2)c1. The Hall–Kier alpha value is -2.98. The molecule has 1 aromatic heterocycles. The van der Waals surface area contributed by atoms with Gasteiger partial charge in [-0.2, -0.15) is 4.31 Å². The van der Waals surface area contributed by atoms with Crippen molar-refractivity contribution in [1.29, 1.82) is 0 Å². The van der Waals surface area contributed by atoms with Crippen molar-refractivity contribution in [2.24, 2.45) is 5.92 Å². The van der Waals surface area contributed by atoms with Gasteiger partial charge in [0.1, 0.15) is 16.2 Å². The standard InChI is InChI=1S/C19H20N4O5S/c1-27-15-7-2-6-14(11-15)20-19(24)13-5-4-10-23(12-13)29(25,26)17-9-3-8-16-18(17)22-28-21-16/h2-3,6-9,11,13H,4-5,10,12H2,1H3,(H,20,24)/t13-/m0/s1. The van der Waals surface area contributed by atoms with Crippen LogP contribution in [0.4, 0.5) is 5.69 Å². The molecule has 9 nitrogen and oxygen atoms in total. The molecular formula is C19H20N4O5S. The van der Waals surface area contributed by atoms with Crippen LogP contribution in [0.2, 0.25) is 0 Å². The Bertz CT molecular complexity index is 1140. The van der Waals surface area contributed by atoms with Gasteiger partial charge in [0.25, 0.3) is 0 Å². The summed E-state index contributed by atoms with van der Waals surface area (Å²) in [7, 11) is -2.29. The number of carbonyl (C=O) groups is 1. The number of methoxy groups -OCH3 is 1. The van der Waals surface area contributed by atoms with Crippen LogP contribution in [0.3, 0.4) is 0 Å². The zero-order valence-corrected chi connectivity index (χ0v) is 16.6. The van der Waals surface area contributed by atoms with Gasteiger partial charge in [-0.3, -0.25) is 4.79 Å². The van der Waals surface area contributed by atoms with E-state index in [9.17, 15) is 13.2 Å². The molecule has 1 saturated heterocycles. The minimum atomic E-state index is -3.84. The first-order chi connectivity index (χ1) is 14.0. The Labute approximate surface area is 167 Å². The first-order valence-corrected chi connectivity index (χ1v) is 10.6. The number of fused-ring (bicyclic) bond motifs is 1. The van der Waals surface area contributed by atoms with Crippen molar-refractivity contribution >= 4 is 32.7 Å². The van der Waals surface area contributed by atoms with Gasteiger partial charge in [0.05, 0.1) is 13.0 Å². The highest BCUT2D eigenvalue weighted by Gasteiger charge is 2.35. The number of anilines is 1. The largest absolute Gasteiger partial charge is 0.497 e. The van der Waals surface area contributed by atoms with E-state index >= 15 is 0 Å². The third-order valence-corrected chi connectivity index (χ3v) is 6.86. The van der Waals surface area contributed by atoms with E-state index in [1.54, 1.807) is 43.5 Å². The van der Waals surface area contributed by atoms with E-state index in [1.807, 2.05) is 0 Å². The Morgan fingerprint density at radius 2 is 2.07 bits per heavy atom. The normalized spacial score (nSPS) is 17.9. The maximum Gasteiger partial charge on any atom is 0.245 e. The Kier molecular flexibility index (Phi) is 5.20. The van der Waals surface area contributed by atoms with Gasteiger partial charge < -0.3 is 10.1 Å². The van der Waals surface area contributed by atoms with Gasteiger partial charge in [-0.15, -0.1) is 0 Å². The molecule has 0 spiro atoms. The van der Waals surface area contributed by atoms with Crippen LogP contribution in [0.1, 0.15) is 12.8 Å². The van der Waals surface area contributed by atoms with Crippen molar-refractivity contribution in [3.05, 3.63) is 42.5 Å². The average molecular weight is 416 g/mol. The van der Waals surface area contributed by atoms with E-state index in [4.69, 9.17) is 4.74 Å². The van der Waals surface area contributed by atoms with Crippen LogP contribution in [-0.2, 0) is 14.8 Å². The van der Waals surface area contributed by atoms with Gasteiger partial charge in [0, 0.05) is 24.8 Å². The minimum Gasteiger partial charge on any atom is -0.497 e. The molecule has 0 saturated carbocycles. The van der Waals surface area contributed by atoms with Crippen LogP contribution in [0.15, 0.2) is 52.0 Å². The topological polar surface area (TPSA) is 115 Å². The van der Waals surface area contributed by atoms with Crippen molar-refractivity contribution in [3.63, 3.8) is 0 Å². The lowest BCUT2D eigenvalue weighted by Crippen LogP contribution is -2.43. The van der Waals surface area contributed by atoms with Crippen LogP contribution in [0.25, 0.3) is 11.0 Å². The molecule has 0 radical (unpaired) electrons. The summed E-state index contributed by atoms with van der Waals surface area (Å²) in [5.41, 5.74) is 1.17. The summed E-state index contributed by atoms with van der Waals surface area (Å²) < 4.78 is 37.5. The fourth-order valence-electron chi connectivity index (χ4n) is 3.45. The van der Waals surface area contributed by atoms with Crippen molar-refractivity contribution in [3.8, 4) is 5.75 Å². The molecule has 2 heterocycles. The molecule has 1 fully saturated rings.